The molecule has 4 fully saturated rings. The molecule has 0 amide bonds. The molecule has 0 bridgehead atoms. The highest BCUT2D eigenvalue weighted by Gasteiger charge is 2.70. The number of hydrogen-bond donors (Lipinski definition) is 1. The summed E-state index contributed by atoms with van der Waals surface area (Å²) in [6.07, 6.45) is 10.2. The lowest BCUT2D eigenvalue weighted by Crippen LogP contribution is -2.66. The number of fused-ring (bicyclic) bond motifs is 7. The summed E-state index contributed by atoms with van der Waals surface area (Å²) in [5.74, 6) is 0.256. The van der Waals surface area contributed by atoms with Crippen molar-refractivity contribution in [1.29, 1.82) is 0 Å². The van der Waals surface area contributed by atoms with Gasteiger partial charge in [-0.15, -0.1) is 0 Å². The second-order valence-electron chi connectivity index (χ2n) is 16.7. The molecule has 0 heterocycles. The normalized spacial score (nSPS) is 46.8. The molecule has 2 N–H and O–H groups in total. The van der Waals surface area contributed by atoms with Crippen molar-refractivity contribution < 1.29 is 23.9 Å². The quantitative estimate of drug-likeness (QED) is 0.375. The summed E-state index contributed by atoms with van der Waals surface area (Å²) >= 11 is 0. The molecule has 230 valence electrons. The molecule has 5 aliphatic rings. The maximum Gasteiger partial charge on any atom is 0.319 e. The second-order valence-corrected chi connectivity index (χ2v) is 16.7. The third-order valence-corrected chi connectivity index (χ3v) is 13.8. The molecule has 41 heavy (non-hydrogen) atoms. The van der Waals surface area contributed by atoms with Crippen LogP contribution >= 0.6 is 0 Å². The van der Waals surface area contributed by atoms with E-state index in [1.54, 1.807) is 0 Å². The lowest BCUT2D eigenvalue weighted by atomic mass is 9.33. The molecule has 0 unspecified atom stereocenters. The fourth-order valence-electron chi connectivity index (χ4n) is 11.1. The van der Waals surface area contributed by atoms with Crippen LogP contribution < -0.4 is 5.73 Å². The van der Waals surface area contributed by atoms with E-state index in [1.807, 2.05) is 13.8 Å². The van der Waals surface area contributed by atoms with Crippen LogP contribution in [0.3, 0.4) is 0 Å². The fourth-order valence-corrected chi connectivity index (χ4v) is 11.1. The average molecular weight is 570 g/mol. The van der Waals surface area contributed by atoms with Crippen LogP contribution in [0.25, 0.3) is 0 Å². The Morgan fingerprint density at radius 2 is 1.61 bits per heavy atom. The van der Waals surface area contributed by atoms with E-state index in [4.69, 9.17) is 15.2 Å². The van der Waals surface area contributed by atoms with Crippen LogP contribution in [0.2, 0.25) is 0 Å². The van der Waals surface area contributed by atoms with E-state index >= 15 is 0 Å². The molecule has 0 saturated heterocycles. The molecule has 0 aromatic rings. The molecule has 5 aliphatic carbocycles. The van der Waals surface area contributed by atoms with Gasteiger partial charge in [0.1, 0.15) is 6.10 Å². The van der Waals surface area contributed by atoms with Crippen molar-refractivity contribution in [2.75, 3.05) is 6.54 Å². The van der Waals surface area contributed by atoms with Crippen molar-refractivity contribution in [2.45, 2.75) is 132 Å². The van der Waals surface area contributed by atoms with Crippen molar-refractivity contribution in [3.63, 3.8) is 0 Å². The molecule has 0 aliphatic heterocycles. The molecule has 0 spiro atoms. The predicted molar refractivity (Wildman–Crippen MR) is 160 cm³/mol. The minimum Gasteiger partial charge on any atom is -0.463 e. The van der Waals surface area contributed by atoms with Crippen molar-refractivity contribution in [3.8, 4) is 0 Å². The smallest absolute Gasteiger partial charge is 0.319 e. The molecule has 9 atom stereocenters. The van der Waals surface area contributed by atoms with Gasteiger partial charge in [0, 0.05) is 11.3 Å². The Bertz CT molecular complexity index is 1160. The van der Waals surface area contributed by atoms with Gasteiger partial charge in [0.05, 0.1) is 18.1 Å². The summed E-state index contributed by atoms with van der Waals surface area (Å²) in [6.45, 7) is 19.9. The van der Waals surface area contributed by atoms with Crippen LogP contribution in [0.5, 0.6) is 0 Å². The number of esters is 2. The Morgan fingerprint density at radius 3 is 2.24 bits per heavy atom. The van der Waals surface area contributed by atoms with Gasteiger partial charge in [-0.2, -0.15) is 0 Å². The average Bonchev–Trinajstić information content (AvgIpc) is 2.87. The first kappa shape index (κ1) is 30.8. The lowest BCUT2D eigenvalue weighted by Gasteiger charge is -2.70. The molecular formula is C35H55NO5. The Morgan fingerprint density at radius 1 is 0.951 bits per heavy atom. The van der Waals surface area contributed by atoms with Crippen molar-refractivity contribution in [3.05, 3.63) is 11.6 Å². The van der Waals surface area contributed by atoms with Crippen molar-refractivity contribution in [1.82, 2.24) is 0 Å². The number of ketones is 1. The number of nitrogens with two attached hydrogens (primary N) is 1. The maximum atomic E-state index is 14.6. The Labute approximate surface area is 247 Å². The van der Waals surface area contributed by atoms with Crippen LogP contribution in [0.4, 0.5) is 0 Å². The monoisotopic (exact) mass is 569 g/mol. The zero-order chi connectivity index (χ0) is 30.4. The summed E-state index contributed by atoms with van der Waals surface area (Å²) in [4.78, 5) is 40.1. The summed E-state index contributed by atoms with van der Waals surface area (Å²) < 4.78 is 11.6. The molecule has 5 rings (SSSR count). The lowest BCUT2D eigenvalue weighted by molar-refractivity contribution is -0.210. The molecule has 0 radical (unpaired) electrons. The minimum absolute atomic E-state index is 0.0711. The maximum absolute atomic E-state index is 14.6. The molecule has 6 heteroatoms. The van der Waals surface area contributed by atoms with Gasteiger partial charge in [-0.3, -0.25) is 14.4 Å². The highest BCUT2D eigenvalue weighted by atomic mass is 16.5. The highest BCUT2D eigenvalue weighted by molar-refractivity contribution is 5.95. The number of rotatable bonds is 4. The first-order chi connectivity index (χ1) is 18.9. The topological polar surface area (TPSA) is 95.7 Å². The zero-order valence-corrected chi connectivity index (χ0v) is 27.2. The van der Waals surface area contributed by atoms with Crippen molar-refractivity contribution >= 4 is 17.7 Å². The van der Waals surface area contributed by atoms with Crippen LogP contribution in [-0.4, -0.2) is 36.5 Å². The largest absolute Gasteiger partial charge is 0.463 e. The first-order valence-electron chi connectivity index (χ1n) is 16.2. The van der Waals surface area contributed by atoms with Crippen LogP contribution in [0.1, 0.15) is 120 Å². The van der Waals surface area contributed by atoms with Crippen molar-refractivity contribution in [2.24, 2.45) is 56.0 Å². The molecule has 4 saturated carbocycles. The Kier molecular flexibility index (Phi) is 7.24. The van der Waals surface area contributed by atoms with E-state index in [0.29, 0.717) is 0 Å². The number of ether oxygens (including phenoxy) is 2. The second kappa shape index (κ2) is 9.66. The van der Waals surface area contributed by atoms with Gasteiger partial charge in [0.25, 0.3) is 0 Å². The van der Waals surface area contributed by atoms with Gasteiger partial charge in [-0.1, -0.05) is 47.1 Å². The van der Waals surface area contributed by atoms with Gasteiger partial charge in [-0.05, 0) is 118 Å². The minimum atomic E-state index is -0.526. The van der Waals surface area contributed by atoms with E-state index in [1.165, 1.54) is 5.57 Å². The molecular weight excluding hydrogens is 514 g/mol. The van der Waals surface area contributed by atoms with E-state index < -0.39 is 5.41 Å². The van der Waals surface area contributed by atoms with E-state index in [9.17, 15) is 14.4 Å². The van der Waals surface area contributed by atoms with E-state index in [-0.39, 0.29) is 81.3 Å². The SMILES string of the molecule is CC(C)OC(=O)[C@@]1(C)CC[C@]2(C)CC[C@]3(C)C(=CC(=O)[C@@H]4[C@@]5(C)CC[C@H](OC(=O)CN)C(C)(C)[C@@H]5CC[C@]43C)[C@@H]2C1. The number of hydrogen-bond acceptors (Lipinski definition) is 6. The fraction of sp³-hybridized carbons (Fsp3) is 0.857. The first-order valence-corrected chi connectivity index (χ1v) is 16.2. The summed E-state index contributed by atoms with van der Waals surface area (Å²) in [6, 6.07) is 0. The van der Waals surface area contributed by atoms with Gasteiger partial charge in [0.2, 0.25) is 0 Å². The molecule has 6 nitrogen and oxygen atoms in total. The zero-order valence-electron chi connectivity index (χ0n) is 27.2. The Hall–Kier alpha value is -1.69. The Balaban J connectivity index is 1.53. The van der Waals surface area contributed by atoms with E-state index in [2.05, 4.69) is 54.5 Å². The standard InChI is InChI=1S/C35H55NO5/c1-21(2)40-29(39)32(6)15-14-31(5)16-17-34(8)22(23(31)19-32)18-24(37)28-33(7)12-11-26(41-27(38)20-36)30(3,4)25(33)10-13-35(28,34)9/h18,21,23,25-26,28H,10-17,19-20,36H2,1-9H3/t23-,25-,26-,28+,31+,32-,33-,34+,35+/m0/s1. The van der Waals surface area contributed by atoms with E-state index in [0.717, 1.165) is 57.8 Å². The predicted octanol–water partition coefficient (Wildman–Crippen LogP) is 6.79. The summed E-state index contributed by atoms with van der Waals surface area (Å²) in [5.41, 5.74) is 5.80. The van der Waals surface area contributed by atoms with Crippen LogP contribution in [-0.2, 0) is 23.9 Å². The molecule has 0 aromatic carbocycles. The van der Waals surface area contributed by atoms with Crippen LogP contribution in [0, 0.1) is 50.2 Å². The molecule has 0 aromatic heterocycles. The number of carbonyl (C=O) groups is 3. The van der Waals surface area contributed by atoms with Gasteiger partial charge in [0.15, 0.2) is 5.78 Å². The third-order valence-electron chi connectivity index (χ3n) is 13.8. The van der Waals surface area contributed by atoms with Gasteiger partial charge in [-0.25, -0.2) is 0 Å². The third kappa shape index (κ3) is 4.31. The number of allylic oxidation sites excluding steroid dienone is 2. The highest BCUT2D eigenvalue weighted by Crippen LogP contribution is 2.75. The number of carbonyl (C=O) groups excluding carboxylic acids is 3. The van der Waals surface area contributed by atoms with Gasteiger partial charge >= 0.3 is 11.9 Å². The summed E-state index contributed by atoms with van der Waals surface area (Å²) in [7, 11) is 0. The van der Waals surface area contributed by atoms with Gasteiger partial charge < -0.3 is 15.2 Å². The summed E-state index contributed by atoms with van der Waals surface area (Å²) in [5, 5.41) is 0. The van der Waals surface area contributed by atoms with Crippen LogP contribution in [0.15, 0.2) is 11.6 Å².